The van der Waals surface area contributed by atoms with Crippen LogP contribution in [0.3, 0.4) is 0 Å². The van der Waals surface area contributed by atoms with E-state index in [1.807, 2.05) is 49.4 Å². The molecule has 1 fully saturated rings. The maximum absolute atomic E-state index is 13.0. The van der Waals surface area contributed by atoms with Crippen molar-refractivity contribution in [3.8, 4) is 0 Å². The Balaban J connectivity index is 1.69. The molecule has 2 amide bonds. The van der Waals surface area contributed by atoms with Gasteiger partial charge in [0.15, 0.2) is 0 Å². The van der Waals surface area contributed by atoms with Gasteiger partial charge in [-0.2, -0.15) is 0 Å². The highest BCUT2D eigenvalue weighted by atomic mass is 32.2. The van der Waals surface area contributed by atoms with E-state index in [4.69, 9.17) is 0 Å². The summed E-state index contributed by atoms with van der Waals surface area (Å²) in [4.78, 5) is 29.4. The summed E-state index contributed by atoms with van der Waals surface area (Å²) in [7, 11) is 0. The Hall–Kier alpha value is -2.27. The maximum atomic E-state index is 13.0. The molecule has 1 aliphatic heterocycles. The van der Waals surface area contributed by atoms with E-state index in [1.54, 1.807) is 16.7 Å². The Kier molecular flexibility index (Phi) is 4.72. The molecule has 0 radical (unpaired) electrons. The number of fused-ring (bicyclic) bond motifs is 2. The van der Waals surface area contributed by atoms with Gasteiger partial charge < -0.3 is 10.2 Å². The van der Waals surface area contributed by atoms with Crippen LogP contribution in [0, 0.1) is 0 Å². The Labute approximate surface area is 158 Å². The van der Waals surface area contributed by atoms with Crippen LogP contribution in [0.4, 0.5) is 5.69 Å². The lowest BCUT2D eigenvalue weighted by Crippen LogP contribution is -2.33. The number of amides is 2. The fraction of sp³-hybridized carbons (Fsp3) is 0.333. The highest BCUT2D eigenvalue weighted by molar-refractivity contribution is 7.99. The standard InChI is InChI=1S/C21H22N2O2S/c1-2-23-17-13-14(20(24)22-15-7-3-4-8-15)11-12-19(17)26-18-10-6-5-9-16(18)21(23)25/h5-6,9-13,15H,2-4,7-8H2,1H3,(H,22,24). The van der Waals surface area contributed by atoms with Crippen molar-refractivity contribution in [2.75, 3.05) is 11.4 Å². The molecular formula is C21H22N2O2S. The molecule has 1 N–H and O–H groups in total. The summed E-state index contributed by atoms with van der Waals surface area (Å²) < 4.78 is 0. The van der Waals surface area contributed by atoms with Gasteiger partial charge in [0.1, 0.15) is 0 Å². The molecule has 26 heavy (non-hydrogen) atoms. The van der Waals surface area contributed by atoms with E-state index in [2.05, 4.69) is 5.32 Å². The van der Waals surface area contributed by atoms with Crippen molar-refractivity contribution >= 4 is 29.3 Å². The third kappa shape index (κ3) is 3.12. The minimum atomic E-state index is -0.0463. The number of hydrogen-bond donors (Lipinski definition) is 1. The Morgan fingerprint density at radius 3 is 2.69 bits per heavy atom. The number of carbonyl (C=O) groups is 2. The van der Waals surface area contributed by atoms with Crippen molar-refractivity contribution in [3.05, 3.63) is 53.6 Å². The van der Waals surface area contributed by atoms with Crippen molar-refractivity contribution in [1.29, 1.82) is 0 Å². The number of benzene rings is 2. The Morgan fingerprint density at radius 2 is 1.92 bits per heavy atom. The van der Waals surface area contributed by atoms with Gasteiger partial charge in [-0.15, -0.1) is 0 Å². The molecule has 0 saturated heterocycles. The van der Waals surface area contributed by atoms with Crippen LogP contribution < -0.4 is 10.2 Å². The molecule has 4 rings (SSSR count). The molecule has 1 aliphatic carbocycles. The highest BCUT2D eigenvalue weighted by Crippen LogP contribution is 2.41. The molecule has 0 unspecified atom stereocenters. The third-order valence-electron chi connectivity index (χ3n) is 5.10. The fourth-order valence-electron chi connectivity index (χ4n) is 3.71. The van der Waals surface area contributed by atoms with Crippen molar-refractivity contribution in [2.45, 2.75) is 48.4 Å². The topological polar surface area (TPSA) is 49.4 Å². The predicted molar refractivity (Wildman–Crippen MR) is 104 cm³/mol. The zero-order chi connectivity index (χ0) is 18.1. The van der Waals surface area contributed by atoms with Crippen LogP contribution in [-0.2, 0) is 0 Å². The first-order chi connectivity index (χ1) is 12.7. The van der Waals surface area contributed by atoms with Gasteiger partial charge in [0.2, 0.25) is 0 Å². The first-order valence-electron chi connectivity index (χ1n) is 9.21. The summed E-state index contributed by atoms with van der Waals surface area (Å²) in [6, 6.07) is 13.6. The van der Waals surface area contributed by atoms with Crippen molar-refractivity contribution in [3.63, 3.8) is 0 Å². The predicted octanol–water partition coefficient (Wildman–Crippen LogP) is 4.49. The lowest BCUT2D eigenvalue weighted by atomic mass is 10.1. The van der Waals surface area contributed by atoms with Crippen LogP contribution >= 0.6 is 11.8 Å². The second-order valence-corrected chi connectivity index (χ2v) is 7.87. The number of anilines is 1. The lowest BCUT2D eigenvalue weighted by molar-refractivity contribution is 0.0935. The van der Waals surface area contributed by atoms with Gasteiger partial charge in [0.25, 0.3) is 11.8 Å². The van der Waals surface area contributed by atoms with Crippen LogP contribution in [0.5, 0.6) is 0 Å². The summed E-state index contributed by atoms with van der Waals surface area (Å²) in [5.74, 6) is -0.0577. The normalized spacial score (nSPS) is 16.8. The zero-order valence-corrected chi connectivity index (χ0v) is 15.6. The van der Waals surface area contributed by atoms with Gasteiger partial charge in [-0.05, 0) is 50.1 Å². The molecule has 2 aromatic rings. The van der Waals surface area contributed by atoms with Gasteiger partial charge in [-0.25, -0.2) is 0 Å². The molecule has 134 valence electrons. The third-order valence-corrected chi connectivity index (χ3v) is 6.24. The average Bonchev–Trinajstić information content (AvgIpc) is 3.12. The van der Waals surface area contributed by atoms with E-state index < -0.39 is 0 Å². The van der Waals surface area contributed by atoms with Gasteiger partial charge in [-0.3, -0.25) is 9.59 Å². The average molecular weight is 366 g/mol. The van der Waals surface area contributed by atoms with Crippen molar-refractivity contribution in [1.82, 2.24) is 5.32 Å². The SMILES string of the molecule is CCN1C(=O)c2ccccc2Sc2ccc(C(=O)NC3CCCC3)cc21. The van der Waals surface area contributed by atoms with Crippen LogP contribution in [0.2, 0.25) is 0 Å². The molecule has 0 aromatic heterocycles. The molecule has 0 bridgehead atoms. The van der Waals surface area contributed by atoms with E-state index >= 15 is 0 Å². The van der Waals surface area contributed by atoms with E-state index in [9.17, 15) is 9.59 Å². The first-order valence-corrected chi connectivity index (χ1v) is 10.0. The molecule has 2 aromatic carbocycles. The van der Waals surface area contributed by atoms with Crippen molar-refractivity contribution < 1.29 is 9.59 Å². The Morgan fingerprint density at radius 1 is 1.15 bits per heavy atom. The second-order valence-electron chi connectivity index (χ2n) is 6.78. The van der Waals surface area contributed by atoms with E-state index in [-0.39, 0.29) is 17.9 Å². The summed E-state index contributed by atoms with van der Waals surface area (Å²) in [5.41, 5.74) is 2.15. The summed E-state index contributed by atoms with van der Waals surface area (Å²) in [6.07, 6.45) is 4.48. The molecule has 1 saturated carbocycles. The number of hydrogen-bond acceptors (Lipinski definition) is 3. The second kappa shape index (κ2) is 7.16. The summed E-state index contributed by atoms with van der Waals surface area (Å²) in [5, 5.41) is 3.13. The van der Waals surface area contributed by atoms with Crippen LogP contribution in [0.15, 0.2) is 52.3 Å². The van der Waals surface area contributed by atoms with E-state index in [1.165, 1.54) is 12.8 Å². The highest BCUT2D eigenvalue weighted by Gasteiger charge is 2.27. The fourth-order valence-corrected chi connectivity index (χ4v) is 4.77. The molecular weight excluding hydrogens is 344 g/mol. The lowest BCUT2D eigenvalue weighted by Gasteiger charge is -2.22. The zero-order valence-electron chi connectivity index (χ0n) is 14.8. The Bertz CT molecular complexity index is 859. The van der Waals surface area contributed by atoms with Crippen LogP contribution in [-0.4, -0.2) is 24.4 Å². The molecule has 0 atom stereocenters. The largest absolute Gasteiger partial charge is 0.349 e. The summed E-state index contributed by atoms with van der Waals surface area (Å²) in [6.45, 7) is 2.53. The van der Waals surface area contributed by atoms with Crippen LogP contribution in [0.1, 0.15) is 53.3 Å². The van der Waals surface area contributed by atoms with Crippen LogP contribution in [0.25, 0.3) is 0 Å². The first kappa shape index (κ1) is 17.2. The van der Waals surface area contributed by atoms with Gasteiger partial charge >= 0.3 is 0 Å². The number of rotatable bonds is 3. The smallest absolute Gasteiger partial charge is 0.259 e. The molecule has 0 spiro atoms. The van der Waals surface area contributed by atoms with E-state index in [0.29, 0.717) is 17.7 Å². The number of nitrogens with one attached hydrogen (secondary N) is 1. The molecule has 4 nitrogen and oxygen atoms in total. The van der Waals surface area contributed by atoms with Gasteiger partial charge in [0.05, 0.1) is 11.3 Å². The van der Waals surface area contributed by atoms with E-state index in [0.717, 1.165) is 28.3 Å². The number of nitrogens with zero attached hydrogens (tertiary/aromatic N) is 1. The molecule has 2 aliphatic rings. The van der Waals surface area contributed by atoms with Gasteiger partial charge in [-0.1, -0.05) is 36.7 Å². The quantitative estimate of drug-likeness (QED) is 0.871. The molecule has 1 heterocycles. The minimum Gasteiger partial charge on any atom is -0.349 e. The maximum Gasteiger partial charge on any atom is 0.259 e. The number of carbonyl (C=O) groups excluding carboxylic acids is 2. The summed E-state index contributed by atoms with van der Waals surface area (Å²) >= 11 is 1.59. The van der Waals surface area contributed by atoms with Gasteiger partial charge in [0, 0.05) is 27.9 Å². The molecule has 5 heteroatoms. The monoisotopic (exact) mass is 366 g/mol. The van der Waals surface area contributed by atoms with Crippen molar-refractivity contribution in [2.24, 2.45) is 0 Å². The minimum absolute atomic E-state index is 0.0114.